The second kappa shape index (κ2) is 15.4. The quantitative estimate of drug-likeness (QED) is 0.143. The van der Waals surface area contributed by atoms with Crippen molar-refractivity contribution >= 4 is 80.9 Å². The lowest BCUT2D eigenvalue weighted by molar-refractivity contribution is -0.159. The van der Waals surface area contributed by atoms with Crippen molar-refractivity contribution in [1.29, 1.82) is 0 Å². The number of nitrogens with zero attached hydrogens (tertiary/aromatic N) is 3. The summed E-state index contributed by atoms with van der Waals surface area (Å²) >= 11 is 25.5. The van der Waals surface area contributed by atoms with Gasteiger partial charge in [0, 0.05) is 46.5 Å². The number of halogens is 4. The van der Waals surface area contributed by atoms with Gasteiger partial charge in [-0.3, -0.25) is 19.2 Å². The predicted octanol–water partition coefficient (Wildman–Crippen LogP) is 5.38. The Hall–Kier alpha value is -3.76. The lowest BCUT2D eigenvalue weighted by Crippen LogP contribution is -2.63. The van der Waals surface area contributed by atoms with Gasteiger partial charge >= 0.3 is 0 Å². The van der Waals surface area contributed by atoms with Gasteiger partial charge in [0.1, 0.15) is 30.1 Å². The topological polar surface area (TPSA) is 120 Å². The number of para-hydroxylation sites is 1. The molecule has 1 aliphatic heterocycles. The van der Waals surface area contributed by atoms with Gasteiger partial charge in [-0.15, -0.1) is 0 Å². The van der Waals surface area contributed by atoms with Gasteiger partial charge in [0.25, 0.3) is 0 Å². The second-order valence-electron chi connectivity index (χ2n) is 11.4. The molecular formula is C34H33Cl4N5O4. The number of aromatic nitrogens is 1. The smallest absolute Gasteiger partial charge is 0.247 e. The third kappa shape index (κ3) is 8.59. The zero-order valence-corrected chi connectivity index (χ0v) is 28.3. The molecule has 4 aromatic rings. The molecule has 0 bridgehead atoms. The number of hydrogen-bond donors (Lipinski definition) is 2. The number of primary amides is 1. The Bertz CT molecular complexity index is 1750. The molecule has 2 heterocycles. The van der Waals surface area contributed by atoms with Crippen LogP contribution in [0.2, 0.25) is 10.0 Å². The van der Waals surface area contributed by atoms with Crippen molar-refractivity contribution in [2.45, 2.75) is 42.7 Å². The zero-order valence-electron chi connectivity index (χ0n) is 25.3. The van der Waals surface area contributed by atoms with E-state index in [-0.39, 0.29) is 31.8 Å². The summed E-state index contributed by atoms with van der Waals surface area (Å²) in [6, 6.07) is 20.5. The first kappa shape index (κ1) is 34.6. The van der Waals surface area contributed by atoms with E-state index in [0.717, 1.165) is 32.5 Å². The van der Waals surface area contributed by atoms with E-state index in [9.17, 15) is 19.2 Å². The van der Waals surface area contributed by atoms with Crippen LogP contribution < -0.4 is 5.73 Å². The van der Waals surface area contributed by atoms with Gasteiger partial charge in [-0.25, -0.2) is 0 Å². The molecule has 246 valence electrons. The highest BCUT2D eigenvalue weighted by atomic mass is 35.5. The number of hydrogen-bond acceptors (Lipinski definition) is 4. The molecule has 4 amide bonds. The molecule has 1 saturated heterocycles. The molecule has 1 aromatic heterocycles. The molecule has 5 rings (SSSR count). The minimum absolute atomic E-state index is 0.174. The maximum Gasteiger partial charge on any atom is 0.247 e. The standard InChI is InChI=1S/C34H33Cl4N5O4/c35-24-9-5-21(6-10-24)15-29(37)42(19-31(39)44)32(45)17-28-34(47)43(30(38)16-22-7-11-25(36)12-8-22)20-33(46)41(28)14-13-23-18-40-27-4-2-1-3-26(23)27/h1-12,18,28-30,40H,13-17,19-20H2,(H2,39,44). The molecule has 1 aliphatic rings. The highest BCUT2D eigenvalue weighted by molar-refractivity contribution is 6.30. The molecule has 3 aromatic carbocycles. The summed E-state index contributed by atoms with van der Waals surface area (Å²) in [6.45, 7) is -0.546. The summed E-state index contributed by atoms with van der Waals surface area (Å²) in [6.07, 6.45) is 2.33. The van der Waals surface area contributed by atoms with Crippen molar-refractivity contribution in [2.75, 3.05) is 19.6 Å². The van der Waals surface area contributed by atoms with Crippen LogP contribution in [0, 0.1) is 0 Å². The highest BCUT2D eigenvalue weighted by Gasteiger charge is 2.43. The number of nitrogens with two attached hydrogens (primary N) is 1. The number of nitrogens with one attached hydrogen (secondary N) is 1. The van der Waals surface area contributed by atoms with Gasteiger partial charge in [-0.1, -0.05) is 88.9 Å². The molecule has 3 unspecified atom stereocenters. The fourth-order valence-electron chi connectivity index (χ4n) is 5.75. The third-order valence-corrected chi connectivity index (χ3v) is 9.48. The lowest BCUT2D eigenvalue weighted by Gasteiger charge is -2.42. The fourth-order valence-corrected chi connectivity index (χ4v) is 6.70. The van der Waals surface area contributed by atoms with Crippen molar-refractivity contribution in [3.05, 3.63) is 106 Å². The van der Waals surface area contributed by atoms with Crippen molar-refractivity contribution in [3.63, 3.8) is 0 Å². The predicted molar refractivity (Wildman–Crippen MR) is 184 cm³/mol. The number of benzene rings is 3. The summed E-state index contributed by atoms with van der Waals surface area (Å²) < 4.78 is 0. The number of H-pyrrole nitrogens is 1. The van der Waals surface area contributed by atoms with Crippen LogP contribution in [0.5, 0.6) is 0 Å². The molecular weight excluding hydrogens is 684 g/mol. The number of carbonyl (C=O) groups is 4. The Morgan fingerprint density at radius 3 is 2.17 bits per heavy atom. The van der Waals surface area contributed by atoms with Crippen molar-refractivity contribution in [1.82, 2.24) is 19.7 Å². The highest BCUT2D eigenvalue weighted by Crippen LogP contribution is 2.26. The first-order valence-corrected chi connectivity index (χ1v) is 16.6. The summed E-state index contributed by atoms with van der Waals surface area (Å²) in [5.74, 6) is -2.21. The maximum atomic E-state index is 14.1. The summed E-state index contributed by atoms with van der Waals surface area (Å²) in [4.78, 5) is 60.9. The molecule has 47 heavy (non-hydrogen) atoms. The first-order valence-electron chi connectivity index (χ1n) is 15.0. The summed E-state index contributed by atoms with van der Waals surface area (Å²) in [5.41, 5.74) is 7.19. The molecule has 9 nitrogen and oxygen atoms in total. The van der Waals surface area contributed by atoms with Crippen LogP contribution in [-0.2, 0) is 38.4 Å². The van der Waals surface area contributed by atoms with Gasteiger partial charge in [0.15, 0.2) is 0 Å². The molecule has 3 N–H and O–H groups in total. The Morgan fingerprint density at radius 2 is 1.53 bits per heavy atom. The van der Waals surface area contributed by atoms with Crippen molar-refractivity contribution < 1.29 is 19.2 Å². The number of alkyl halides is 2. The zero-order chi connectivity index (χ0) is 33.7. The molecule has 0 radical (unpaired) electrons. The van der Waals surface area contributed by atoms with Crippen LogP contribution in [0.15, 0.2) is 79.0 Å². The number of piperazine rings is 1. The van der Waals surface area contributed by atoms with Crippen LogP contribution in [0.25, 0.3) is 10.9 Å². The van der Waals surface area contributed by atoms with Gasteiger partial charge in [-0.05, 0) is 53.4 Å². The molecule has 13 heteroatoms. The summed E-state index contributed by atoms with van der Waals surface area (Å²) in [5, 5.41) is 2.10. The number of rotatable bonds is 13. The van der Waals surface area contributed by atoms with Crippen LogP contribution in [0.4, 0.5) is 0 Å². The van der Waals surface area contributed by atoms with Crippen LogP contribution in [-0.4, -0.2) is 80.0 Å². The van der Waals surface area contributed by atoms with Crippen LogP contribution in [0.3, 0.4) is 0 Å². The van der Waals surface area contributed by atoms with Gasteiger partial charge in [0.05, 0.1) is 6.42 Å². The minimum Gasteiger partial charge on any atom is -0.368 e. The van der Waals surface area contributed by atoms with Crippen molar-refractivity contribution in [3.8, 4) is 0 Å². The first-order chi connectivity index (χ1) is 22.5. The van der Waals surface area contributed by atoms with Crippen LogP contribution >= 0.6 is 46.4 Å². The Balaban J connectivity index is 1.39. The molecule has 0 saturated carbocycles. The monoisotopic (exact) mass is 715 g/mol. The molecule has 0 spiro atoms. The van der Waals surface area contributed by atoms with Crippen LogP contribution in [0.1, 0.15) is 23.1 Å². The van der Waals surface area contributed by atoms with E-state index in [1.807, 2.05) is 30.5 Å². The summed E-state index contributed by atoms with van der Waals surface area (Å²) in [7, 11) is 0. The van der Waals surface area contributed by atoms with E-state index in [2.05, 4.69) is 4.98 Å². The number of carbonyl (C=O) groups excluding carboxylic acids is 4. The normalized spacial score (nSPS) is 16.4. The van der Waals surface area contributed by atoms with E-state index < -0.39 is 47.7 Å². The average Bonchev–Trinajstić information content (AvgIpc) is 3.46. The van der Waals surface area contributed by atoms with E-state index in [0.29, 0.717) is 16.5 Å². The van der Waals surface area contributed by atoms with E-state index >= 15 is 0 Å². The minimum atomic E-state index is -1.19. The van der Waals surface area contributed by atoms with Gasteiger partial charge in [-0.2, -0.15) is 0 Å². The van der Waals surface area contributed by atoms with Gasteiger partial charge in [0.2, 0.25) is 23.6 Å². The Labute approximate surface area is 292 Å². The average molecular weight is 717 g/mol. The number of fused-ring (bicyclic) bond motifs is 1. The fraction of sp³-hybridized carbons (Fsp3) is 0.294. The van der Waals surface area contributed by atoms with Gasteiger partial charge < -0.3 is 25.4 Å². The molecule has 3 atom stereocenters. The maximum absolute atomic E-state index is 14.1. The molecule has 1 fully saturated rings. The lowest BCUT2D eigenvalue weighted by atomic mass is 10.0. The largest absolute Gasteiger partial charge is 0.368 e. The number of aromatic amines is 1. The van der Waals surface area contributed by atoms with E-state index in [4.69, 9.17) is 52.1 Å². The Kier molecular flexibility index (Phi) is 11.3. The second-order valence-corrected chi connectivity index (χ2v) is 13.3. The van der Waals surface area contributed by atoms with Crippen molar-refractivity contribution in [2.24, 2.45) is 5.73 Å². The molecule has 0 aliphatic carbocycles. The van der Waals surface area contributed by atoms with E-state index in [1.54, 1.807) is 48.5 Å². The number of amides is 4. The SMILES string of the molecule is NC(=O)CN(C(=O)CC1C(=O)N(C(Cl)Cc2ccc(Cl)cc2)CC(=O)N1CCc1c[nH]c2ccccc12)C(Cl)Cc1ccc(Cl)cc1. The Morgan fingerprint density at radius 1 is 0.915 bits per heavy atom. The third-order valence-electron chi connectivity index (χ3n) is 8.19. The van der Waals surface area contributed by atoms with E-state index in [1.165, 1.54) is 9.80 Å².